The summed E-state index contributed by atoms with van der Waals surface area (Å²) in [4.78, 5) is 30.6. The van der Waals surface area contributed by atoms with E-state index in [1.807, 2.05) is 77.5 Å². The van der Waals surface area contributed by atoms with Crippen molar-refractivity contribution in [3.63, 3.8) is 0 Å². The molecule has 0 saturated heterocycles. The standard InChI is InChI=1S/C53H72N6O6S2/c1-38-35-44(59(27-31-62)28-32-63)18-13-40(38)9-8-22-52(2,3)45-36-41(14-19-47(45)54-6)50(64)55-23-33-66-67-34-24-56-51(65)42-15-20-48-46(37-42)53(4,5)49(57(48)7)21-12-39-10-16-43(17-11-39)58(25-29-60)26-30-61/h8-21,36-38,60-63H,22-35H2,1-7H3,(H2-,54,55,56,64,65)/p+1/b9-8+. The lowest BCUT2D eigenvalue weighted by Crippen LogP contribution is -2.31. The average Bonchev–Trinajstić information content (AvgIpc) is 3.51. The number of aliphatic hydroxyl groups is 4. The number of hydrogen-bond donors (Lipinski definition) is 7. The van der Waals surface area contributed by atoms with Crippen molar-refractivity contribution in [2.24, 2.45) is 5.92 Å². The van der Waals surface area contributed by atoms with Gasteiger partial charge in [0.1, 0.15) is 7.05 Å². The first-order valence-electron chi connectivity index (χ1n) is 23.4. The van der Waals surface area contributed by atoms with Gasteiger partial charge in [0.25, 0.3) is 11.8 Å². The van der Waals surface area contributed by atoms with Gasteiger partial charge in [-0.2, -0.15) is 4.58 Å². The minimum atomic E-state index is -0.325. The molecule has 14 heteroatoms. The number of nitrogens with one attached hydrogen (secondary N) is 3. The summed E-state index contributed by atoms with van der Waals surface area (Å²) in [6.07, 6.45) is 14.5. The van der Waals surface area contributed by atoms with Gasteiger partial charge >= 0.3 is 0 Å². The molecule has 0 radical (unpaired) electrons. The molecule has 1 aliphatic heterocycles. The third-order valence-electron chi connectivity index (χ3n) is 12.7. The Bertz CT molecular complexity index is 2290. The maximum absolute atomic E-state index is 13.3. The van der Waals surface area contributed by atoms with E-state index in [1.165, 1.54) is 5.57 Å². The van der Waals surface area contributed by atoms with Gasteiger partial charge in [0.2, 0.25) is 5.69 Å². The summed E-state index contributed by atoms with van der Waals surface area (Å²) in [7, 11) is 7.30. The van der Waals surface area contributed by atoms with Gasteiger partial charge in [0.05, 0.1) is 31.8 Å². The molecule has 12 nitrogen and oxygen atoms in total. The summed E-state index contributed by atoms with van der Waals surface area (Å²) in [6.45, 7) is 14.1. The minimum Gasteiger partial charge on any atom is -0.395 e. The molecular formula is C53H73N6O6S2+. The summed E-state index contributed by atoms with van der Waals surface area (Å²) in [5.41, 5.74) is 10.4. The van der Waals surface area contributed by atoms with Crippen molar-refractivity contribution in [3.05, 3.63) is 130 Å². The lowest BCUT2D eigenvalue weighted by atomic mass is 9.79. The number of aliphatic hydroxyl groups excluding tert-OH is 4. The number of rotatable bonds is 26. The first-order chi connectivity index (χ1) is 32.2. The molecule has 0 fully saturated rings. The topological polar surface area (TPSA) is 161 Å². The second-order valence-corrected chi connectivity index (χ2v) is 20.9. The Balaban J connectivity index is 1.05. The predicted octanol–water partition coefficient (Wildman–Crippen LogP) is 7.14. The van der Waals surface area contributed by atoms with E-state index in [2.05, 4.69) is 98.6 Å². The van der Waals surface area contributed by atoms with E-state index in [9.17, 15) is 30.0 Å². The molecule has 0 spiro atoms. The normalized spacial score (nSPS) is 15.7. The van der Waals surface area contributed by atoms with Crippen LogP contribution in [0.4, 0.5) is 17.1 Å². The van der Waals surface area contributed by atoms with Crippen molar-refractivity contribution >= 4 is 62.3 Å². The van der Waals surface area contributed by atoms with Gasteiger partial charge < -0.3 is 46.2 Å². The van der Waals surface area contributed by atoms with Crippen molar-refractivity contribution in [2.75, 3.05) is 102 Å². The quantitative estimate of drug-likeness (QED) is 0.0249. The Morgan fingerprint density at radius 1 is 0.791 bits per heavy atom. The fraction of sp³-hybridized carbons (Fsp3) is 0.453. The van der Waals surface area contributed by atoms with Crippen molar-refractivity contribution in [3.8, 4) is 0 Å². The number of anilines is 2. The fourth-order valence-electron chi connectivity index (χ4n) is 8.81. The summed E-state index contributed by atoms with van der Waals surface area (Å²) in [5, 5.41) is 47.2. The van der Waals surface area contributed by atoms with Crippen LogP contribution in [0.5, 0.6) is 0 Å². The molecule has 1 atom stereocenters. The number of amides is 2. The molecule has 0 bridgehead atoms. The number of carbonyl (C=O) groups excluding carboxylic acids is 2. The van der Waals surface area contributed by atoms with Crippen LogP contribution in [0, 0.1) is 5.92 Å². The molecule has 362 valence electrons. The van der Waals surface area contributed by atoms with E-state index in [1.54, 1.807) is 21.6 Å². The van der Waals surface area contributed by atoms with Gasteiger partial charge in [-0.15, -0.1) is 0 Å². The largest absolute Gasteiger partial charge is 0.395 e. The number of nitrogens with zero attached hydrogens (tertiary/aromatic N) is 3. The minimum absolute atomic E-state index is 0.0199. The summed E-state index contributed by atoms with van der Waals surface area (Å²) in [5.74, 6) is 1.56. The van der Waals surface area contributed by atoms with E-state index in [4.69, 9.17) is 0 Å². The third-order valence-corrected chi connectivity index (χ3v) is 15.1. The molecule has 1 unspecified atom stereocenters. The van der Waals surface area contributed by atoms with E-state index in [-0.39, 0.29) is 49.1 Å². The Kier molecular flexibility index (Phi) is 20.2. The zero-order valence-electron chi connectivity index (χ0n) is 40.5. The molecule has 0 saturated carbocycles. The number of hydrogen-bond acceptors (Lipinski definition) is 11. The second kappa shape index (κ2) is 25.5. The lowest BCUT2D eigenvalue weighted by Gasteiger charge is -2.30. The van der Waals surface area contributed by atoms with Gasteiger partial charge in [-0.3, -0.25) is 9.59 Å². The van der Waals surface area contributed by atoms with Crippen LogP contribution in [0.3, 0.4) is 0 Å². The molecule has 5 rings (SSSR count). The summed E-state index contributed by atoms with van der Waals surface area (Å²) in [6, 6.07) is 19.8. The second-order valence-electron chi connectivity index (χ2n) is 18.2. The van der Waals surface area contributed by atoms with Gasteiger partial charge in [-0.1, -0.05) is 72.7 Å². The van der Waals surface area contributed by atoms with Crippen molar-refractivity contribution < 1.29 is 34.6 Å². The Morgan fingerprint density at radius 2 is 1.37 bits per heavy atom. The highest BCUT2D eigenvalue weighted by Crippen LogP contribution is 2.40. The van der Waals surface area contributed by atoms with E-state index in [0.29, 0.717) is 56.3 Å². The Hall–Kier alpha value is -4.83. The molecular weight excluding hydrogens is 881 g/mol. The average molecular weight is 954 g/mol. The van der Waals surface area contributed by atoms with Crippen LogP contribution >= 0.6 is 21.6 Å². The van der Waals surface area contributed by atoms with Crippen LogP contribution in [0.25, 0.3) is 6.08 Å². The maximum atomic E-state index is 13.3. The zero-order valence-corrected chi connectivity index (χ0v) is 42.1. The van der Waals surface area contributed by atoms with Gasteiger partial charge in [0.15, 0.2) is 5.71 Å². The van der Waals surface area contributed by atoms with Crippen LogP contribution in [-0.4, -0.2) is 139 Å². The third kappa shape index (κ3) is 14.1. The highest BCUT2D eigenvalue weighted by atomic mass is 33.1. The van der Waals surface area contributed by atoms with E-state index >= 15 is 0 Å². The van der Waals surface area contributed by atoms with Gasteiger partial charge in [0, 0.05) is 104 Å². The van der Waals surface area contributed by atoms with Crippen LogP contribution in [0.1, 0.15) is 84.9 Å². The number of benzene rings is 3. The van der Waals surface area contributed by atoms with Crippen molar-refractivity contribution in [2.45, 2.75) is 58.3 Å². The zero-order chi connectivity index (χ0) is 48.6. The van der Waals surface area contributed by atoms with Crippen LogP contribution < -0.4 is 20.9 Å². The SMILES string of the molecule is CNc1ccc(C(=O)NCCSSCCNC(=O)c2ccc3c(c2)C(C)(C)C(/C=C/c2ccc(N(CCO)CCO)cc2)=[N+]3C)cc1C(C)(C)C/C=C/C1=CC=C(N(CCO)CCO)CC1C. The first-order valence-corrected chi connectivity index (χ1v) is 25.8. The van der Waals surface area contributed by atoms with Crippen LogP contribution in [-0.2, 0) is 10.8 Å². The van der Waals surface area contributed by atoms with Gasteiger partial charge in [-0.05, 0) is 109 Å². The summed E-state index contributed by atoms with van der Waals surface area (Å²) >= 11 is 0. The summed E-state index contributed by atoms with van der Waals surface area (Å²) < 4.78 is 2.18. The maximum Gasteiger partial charge on any atom is 0.251 e. The molecule has 0 aromatic heterocycles. The Labute approximate surface area is 406 Å². The monoisotopic (exact) mass is 954 g/mol. The van der Waals surface area contributed by atoms with Crippen LogP contribution in [0.2, 0.25) is 0 Å². The molecule has 1 heterocycles. The number of fused-ring (bicyclic) bond motifs is 1. The molecule has 7 N–H and O–H groups in total. The molecule has 2 amide bonds. The predicted molar refractivity (Wildman–Crippen MR) is 280 cm³/mol. The fourth-order valence-corrected chi connectivity index (χ4v) is 10.6. The number of allylic oxidation sites excluding steroid dienone is 7. The van der Waals surface area contributed by atoms with Crippen molar-refractivity contribution in [1.82, 2.24) is 15.5 Å². The Morgan fingerprint density at radius 3 is 1.96 bits per heavy atom. The van der Waals surface area contributed by atoms with E-state index in [0.717, 1.165) is 69.5 Å². The van der Waals surface area contributed by atoms with Gasteiger partial charge in [-0.25, -0.2) is 0 Å². The molecule has 3 aromatic rings. The molecule has 1 aliphatic carbocycles. The first kappa shape index (κ1) is 53.1. The number of carbonyl (C=O) groups is 2. The highest BCUT2D eigenvalue weighted by molar-refractivity contribution is 8.76. The van der Waals surface area contributed by atoms with Crippen molar-refractivity contribution in [1.29, 1.82) is 0 Å². The van der Waals surface area contributed by atoms with Crippen LogP contribution in [0.15, 0.2) is 102 Å². The molecule has 2 aliphatic rings. The lowest BCUT2D eigenvalue weighted by molar-refractivity contribution is -0.401. The van der Waals surface area contributed by atoms with E-state index < -0.39 is 0 Å². The highest BCUT2D eigenvalue weighted by Gasteiger charge is 2.43. The molecule has 67 heavy (non-hydrogen) atoms. The smallest absolute Gasteiger partial charge is 0.251 e. The molecule has 3 aromatic carbocycles.